The Balaban J connectivity index is 2.29. The van der Waals surface area contributed by atoms with Crippen LogP contribution in [0, 0.1) is 0 Å². The normalized spacial score (nSPS) is 20.4. The number of ether oxygens (including phenoxy) is 1. The molecule has 0 aromatic heterocycles. The van der Waals surface area contributed by atoms with Crippen molar-refractivity contribution in [3.8, 4) is 0 Å². The van der Waals surface area contributed by atoms with E-state index in [9.17, 15) is 13.2 Å². The molecule has 1 unspecified atom stereocenters. The van der Waals surface area contributed by atoms with E-state index in [1.165, 1.54) is 12.1 Å². The summed E-state index contributed by atoms with van der Waals surface area (Å²) in [6, 6.07) is 4.43. The van der Waals surface area contributed by atoms with Gasteiger partial charge in [0.15, 0.2) is 0 Å². The summed E-state index contributed by atoms with van der Waals surface area (Å²) >= 11 is 11.9. The van der Waals surface area contributed by atoms with E-state index in [1.54, 1.807) is 6.07 Å². The largest absolute Gasteiger partial charge is 0.481 e. The summed E-state index contributed by atoms with van der Waals surface area (Å²) in [7, 11) is -3.90. The van der Waals surface area contributed by atoms with Crippen molar-refractivity contribution < 1.29 is 23.1 Å². The van der Waals surface area contributed by atoms with Crippen molar-refractivity contribution in [1.29, 1.82) is 0 Å². The zero-order valence-corrected chi connectivity index (χ0v) is 13.2. The molecule has 21 heavy (non-hydrogen) atoms. The fourth-order valence-electron chi connectivity index (χ4n) is 2.09. The number of benzene rings is 1. The summed E-state index contributed by atoms with van der Waals surface area (Å²) in [5, 5.41) is 8.83. The van der Waals surface area contributed by atoms with Gasteiger partial charge >= 0.3 is 5.97 Å². The average molecular weight is 354 g/mol. The van der Waals surface area contributed by atoms with Gasteiger partial charge in [-0.25, -0.2) is 8.42 Å². The van der Waals surface area contributed by atoms with Crippen LogP contribution in [0.1, 0.15) is 6.42 Å². The molecule has 1 N–H and O–H groups in total. The molecule has 0 aliphatic carbocycles. The molecule has 6 nitrogen and oxygen atoms in total. The minimum atomic E-state index is -3.90. The molecule has 2 rings (SSSR count). The molecule has 0 radical (unpaired) electrons. The van der Waals surface area contributed by atoms with Crippen LogP contribution in [-0.2, 0) is 19.6 Å². The lowest BCUT2D eigenvalue weighted by molar-refractivity contribution is -0.141. The molecule has 116 valence electrons. The van der Waals surface area contributed by atoms with E-state index in [1.807, 2.05) is 0 Å². The number of hydrogen-bond acceptors (Lipinski definition) is 4. The van der Waals surface area contributed by atoms with E-state index < -0.39 is 22.1 Å². The van der Waals surface area contributed by atoms with E-state index in [4.69, 9.17) is 33.0 Å². The van der Waals surface area contributed by atoms with Crippen LogP contribution < -0.4 is 0 Å². The van der Waals surface area contributed by atoms with Gasteiger partial charge in [-0.2, -0.15) is 4.31 Å². The third-order valence-electron chi connectivity index (χ3n) is 3.02. The van der Waals surface area contributed by atoms with Crippen molar-refractivity contribution in [2.45, 2.75) is 17.4 Å². The highest BCUT2D eigenvalue weighted by molar-refractivity contribution is 7.89. The van der Waals surface area contributed by atoms with Gasteiger partial charge in [0.1, 0.15) is 4.90 Å². The van der Waals surface area contributed by atoms with Crippen molar-refractivity contribution in [3.63, 3.8) is 0 Å². The lowest BCUT2D eigenvalue weighted by Gasteiger charge is -2.31. The molecule has 0 bridgehead atoms. The predicted octanol–water partition coefficient (Wildman–Crippen LogP) is 1.86. The Bertz CT molecular complexity index is 629. The van der Waals surface area contributed by atoms with Gasteiger partial charge in [0.25, 0.3) is 0 Å². The van der Waals surface area contributed by atoms with Crippen molar-refractivity contribution >= 4 is 39.2 Å². The number of carboxylic acid groups (broad SMARTS) is 1. The summed E-state index contributed by atoms with van der Waals surface area (Å²) in [5.74, 6) is -1.05. The number of halogens is 2. The summed E-state index contributed by atoms with van der Waals surface area (Å²) in [6.45, 7) is 0.204. The fourth-order valence-corrected chi connectivity index (χ4v) is 4.63. The van der Waals surface area contributed by atoms with Gasteiger partial charge in [-0.05, 0) is 12.1 Å². The lowest BCUT2D eigenvalue weighted by atomic mass is 10.2. The van der Waals surface area contributed by atoms with Crippen LogP contribution >= 0.6 is 23.2 Å². The Morgan fingerprint density at radius 3 is 2.57 bits per heavy atom. The molecule has 1 aromatic rings. The molecule has 1 atom stereocenters. The molecular formula is C12H13Cl2NO5S. The zero-order valence-electron chi connectivity index (χ0n) is 10.8. The molecule has 1 fully saturated rings. The quantitative estimate of drug-likeness (QED) is 0.892. The molecule has 1 heterocycles. The Morgan fingerprint density at radius 2 is 2.00 bits per heavy atom. The van der Waals surface area contributed by atoms with Gasteiger partial charge in [0.05, 0.1) is 29.2 Å². The van der Waals surface area contributed by atoms with Crippen LogP contribution in [0.3, 0.4) is 0 Å². The highest BCUT2D eigenvalue weighted by atomic mass is 35.5. The topological polar surface area (TPSA) is 83.9 Å². The van der Waals surface area contributed by atoms with Gasteiger partial charge < -0.3 is 9.84 Å². The second kappa shape index (κ2) is 6.50. The Hall–Kier alpha value is -0.860. The number of nitrogens with zero attached hydrogens (tertiary/aromatic N) is 1. The average Bonchev–Trinajstić information content (AvgIpc) is 2.37. The highest BCUT2D eigenvalue weighted by Crippen LogP contribution is 2.32. The predicted molar refractivity (Wildman–Crippen MR) is 77.2 cm³/mol. The van der Waals surface area contributed by atoms with E-state index in [0.29, 0.717) is 0 Å². The molecule has 1 aliphatic rings. The molecule has 0 saturated carbocycles. The molecule has 1 aromatic carbocycles. The maximum atomic E-state index is 12.6. The lowest BCUT2D eigenvalue weighted by Crippen LogP contribution is -2.46. The number of carboxylic acids is 1. The fraction of sp³-hybridized carbons (Fsp3) is 0.417. The zero-order chi connectivity index (χ0) is 15.6. The number of rotatable bonds is 4. The third kappa shape index (κ3) is 3.67. The van der Waals surface area contributed by atoms with Crippen LogP contribution in [0.25, 0.3) is 0 Å². The van der Waals surface area contributed by atoms with Gasteiger partial charge in [-0.1, -0.05) is 29.3 Å². The van der Waals surface area contributed by atoms with Crippen molar-refractivity contribution in [2.75, 3.05) is 19.7 Å². The van der Waals surface area contributed by atoms with Gasteiger partial charge in [-0.3, -0.25) is 4.79 Å². The SMILES string of the molecule is O=C(O)CC1CN(S(=O)(=O)c2c(Cl)cccc2Cl)CCO1. The molecule has 0 amide bonds. The first-order chi connectivity index (χ1) is 9.82. The molecule has 0 spiro atoms. The maximum absolute atomic E-state index is 12.6. The van der Waals surface area contributed by atoms with Gasteiger partial charge in [-0.15, -0.1) is 0 Å². The smallest absolute Gasteiger partial charge is 0.306 e. The Kier molecular flexibility index (Phi) is 5.11. The number of aliphatic carboxylic acids is 1. The minimum absolute atomic E-state index is 0.0313. The van der Waals surface area contributed by atoms with Gasteiger partial charge in [0.2, 0.25) is 10.0 Å². The molecule has 1 saturated heterocycles. The number of hydrogen-bond donors (Lipinski definition) is 1. The van der Waals surface area contributed by atoms with E-state index >= 15 is 0 Å². The molecule has 1 aliphatic heterocycles. The third-order valence-corrected chi connectivity index (χ3v) is 5.84. The second-order valence-electron chi connectivity index (χ2n) is 4.50. The first-order valence-corrected chi connectivity index (χ1v) is 8.29. The monoisotopic (exact) mass is 353 g/mol. The number of morpholine rings is 1. The molecule has 9 heteroatoms. The summed E-state index contributed by atoms with van der Waals surface area (Å²) in [6.07, 6.45) is -0.949. The van der Waals surface area contributed by atoms with Crippen LogP contribution in [0.2, 0.25) is 10.0 Å². The van der Waals surface area contributed by atoms with Crippen molar-refractivity contribution in [1.82, 2.24) is 4.31 Å². The second-order valence-corrected chi connectivity index (χ2v) is 7.19. The summed E-state index contributed by atoms with van der Waals surface area (Å²) in [4.78, 5) is 10.5. The van der Waals surface area contributed by atoms with Gasteiger partial charge in [0, 0.05) is 13.1 Å². The van der Waals surface area contributed by atoms with E-state index in [-0.39, 0.29) is 41.1 Å². The first kappa shape index (κ1) is 16.5. The molecular weight excluding hydrogens is 341 g/mol. The van der Waals surface area contributed by atoms with Crippen LogP contribution in [0.15, 0.2) is 23.1 Å². The van der Waals surface area contributed by atoms with Crippen molar-refractivity contribution in [2.24, 2.45) is 0 Å². The number of sulfonamides is 1. The summed E-state index contributed by atoms with van der Waals surface area (Å²) < 4.78 is 31.6. The maximum Gasteiger partial charge on any atom is 0.306 e. The van der Waals surface area contributed by atoms with E-state index in [0.717, 1.165) is 4.31 Å². The minimum Gasteiger partial charge on any atom is -0.481 e. The van der Waals surface area contributed by atoms with Crippen LogP contribution in [0.5, 0.6) is 0 Å². The first-order valence-electron chi connectivity index (χ1n) is 6.10. The van der Waals surface area contributed by atoms with Crippen molar-refractivity contribution in [3.05, 3.63) is 28.2 Å². The standard InChI is InChI=1S/C12H13Cl2NO5S/c13-9-2-1-3-10(14)12(9)21(18,19)15-4-5-20-8(7-15)6-11(16)17/h1-3,8H,4-7H2,(H,16,17). The van der Waals surface area contributed by atoms with Crippen LogP contribution in [-0.4, -0.2) is 49.6 Å². The van der Waals surface area contributed by atoms with E-state index in [2.05, 4.69) is 0 Å². The summed E-state index contributed by atoms with van der Waals surface area (Å²) in [5.41, 5.74) is 0. The highest BCUT2D eigenvalue weighted by Gasteiger charge is 2.34. The Labute approximate surface area is 132 Å². The van der Waals surface area contributed by atoms with Crippen LogP contribution in [0.4, 0.5) is 0 Å². The number of carbonyl (C=O) groups is 1. The Morgan fingerprint density at radius 1 is 1.38 bits per heavy atom.